The fourth-order valence-electron chi connectivity index (χ4n) is 3.22. The van der Waals surface area contributed by atoms with Crippen LogP contribution in [0.5, 0.6) is 0 Å². The summed E-state index contributed by atoms with van der Waals surface area (Å²) in [6.07, 6.45) is 4.40. The van der Waals surface area contributed by atoms with Crippen LogP contribution < -0.4 is 5.32 Å². The quantitative estimate of drug-likeness (QED) is 0.826. The van der Waals surface area contributed by atoms with Gasteiger partial charge in [0, 0.05) is 50.8 Å². The number of hydrogen-bond donors (Lipinski definition) is 1. The molecular formula is C21H26N4O2. The number of carbonyl (C=O) groups is 2. The molecule has 1 aliphatic heterocycles. The van der Waals surface area contributed by atoms with Gasteiger partial charge < -0.3 is 10.2 Å². The highest BCUT2D eigenvalue weighted by molar-refractivity contribution is 6.03. The number of carbonyl (C=O) groups excluding carboxylic acids is 2. The van der Waals surface area contributed by atoms with Crippen LogP contribution >= 0.6 is 0 Å². The zero-order chi connectivity index (χ0) is 19.1. The van der Waals surface area contributed by atoms with E-state index >= 15 is 0 Å². The van der Waals surface area contributed by atoms with E-state index in [9.17, 15) is 9.59 Å². The average Bonchev–Trinajstić information content (AvgIpc) is 2.90. The van der Waals surface area contributed by atoms with Crippen LogP contribution in [0.4, 0.5) is 5.69 Å². The largest absolute Gasteiger partial charge is 0.341 e. The molecule has 1 aromatic carbocycles. The first kappa shape index (κ1) is 19.0. The van der Waals surface area contributed by atoms with E-state index in [1.807, 2.05) is 43.3 Å². The van der Waals surface area contributed by atoms with Crippen LogP contribution in [0.2, 0.25) is 0 Å². The predicted octanol–water partition coefficient (Wildman–Crippen LogP) is 2.45. The van der Waals surface area contributed by atoms with Crippen molar-refractivity contribution >= 4 is 17.5 Å². The molecule has 0 aliphatic carbocycles. The number of anilines is 1. The number of hydrogen-bond acceptors (Lipinski definition) is 4. The standard InChI is InChI=1S/C21H26N4O2/c1-17-3-5-19(6-4-17)23-20(26)15-21(27)25-12-2-11-24(13-14-25)16-18-7-9-22-10-8-18/h3-10H,2,11-16H2,1H3,(H,23,26). The first-order valence-corrected chi connectivity index (χ1v) is 9.36. The zero-order valence-electron chi connectivity index (χ0n) is 15.7. The van der Waals surface area contributed by atoms with Gasteiger partial charge in [-0.15, -0.1) is 0 Å². The third-order valence-electron chi connectivity index (χ3n) is 4.74. The Morgan fingerprint density at radius 3 is 2.48 bits per heavy atom. The molecule has 0 spiro atoms. The molecule has 0 radical (unpaired) electrons. The Balaban J connectivity index is 1.47. The maximum atomic E-state index is 12.5. The summed E-state index contributed by atoms with van der Waals surface area (Å²) in [5.41, 5.74) is 3.07. The maximum absolute atomic E-state index is 12.5. The van der Waals surface area contributed by atoms with Crippen LogP contribution in [-0.2, 0) is 16.1 Å². The lowest BCUT2D eigenvalue weighted by atomic mass is 10.2. The average molecular weight is 366 g/mol. The number of aromatic nitrogens is 1. The topological polar surface area (TPSA) is 65.5 Å². The van der Waals surface area contributed by atoms with Crippen LogP contribution in [0.1, 0.15) is 24.0 Å². The monoisotopic (exact) mass is 366 g/mol. The number of nitrogens with one attached hydrogen (secondary N) is 1. The van der Waals surface area contributed by atoms with Crippen LogP contribution in [0.25, 0.3) is 0 Å². The number of amides is 2. The van der Waals surface area contributed by atoms with Crippen LogP contribution in [-0.4, -0.2) is 52.8 Å². The Morgan fingerprint density at radius 2 is 1.74 bits per heavy atom. The second-order valence-electron chi connectivity index (χ2n) is 6.96. The number of rotatable bonds is 5. The molecule has 1 aliphatic rings. The van der Waals surface area contributed by atoms with E-state index in [-0.39, 0.29) is 18.2 Å². The molecule has 0 unspecified atom stereocenters. The van der Waals surface area contributed by atoms with Gasteiger partial charge in [0.1, 0.15) is 6.42 Å². The van der Waals surface area contributed by atoms with Crippen molar-refractivity contribution in [3.8, 4) is 0 Å². The first-order chi connectivity index (χ1) is 13.1. The molecule has 2 amide bonds. The summed E-state index contributed by atoms with van der Waals surface area (Å²) in [5, 5.41) is 2.79. The highest BCUT2D eigenvalue weighted by Gasteiger charge is 2.21. The van der Waals surface area contributed by atoms with Crippen molar-refractivity contribution in [1.29, 1.82) is 0 Å². The molecule has 1 N–H and O–H groups in total. The van der Waals surface area contributed by atoms with Crippen molar-refractivity contribution in [3.05, 3.63) is 59.9 Å². The first-order valence-electron chi connectivity index (χ1n) is 9.36. The third kappa shape index (κ3) is 5.89. The van der Waals surface area contributed by atoms with Crippen LogP contribution in [0.15, 0.2) is 48.8 Å². The molecule has 1 fully saturated rings. The van der Waals surface area contributed by atoms with Crippen molar-refractivity contribution < 1.29 is 9.59 Å². The Kier molecular flexibility index (Phi) is 6.54. The van der Waals surface area contributed by atoms with E-state index in [1.165, 1.54) is 5.56 Å². The van der Waals surface area contributed by atoms with Gasteiger partial charge in [-0.3, -0.25) is 19.5 Å². The van der Waals surface area contributed by atoms with E-state index in [4.69, 9.17) is 0 Å². The van der Waals surface area contributed by atoms with Gasteiger partial charge >= 0.3 is 0 Å². The van der Waals surface area contributed by atoms with E-state index < -0.39 is 0 Å². The smallest absolute Gasteiger partial charge is 0.233 e. The van der Waals surface area contributed by atoms with Gasteiger partial charge in [0.2, 0.25) is 11.8 Å². The number of benzene rings is 1. The highest BCUT2D eigenvalue weighted by Crippen LogP contribution is 2.11. The molecule has 142 valence electrons. The van der Waals surface area contributed by atoms with Gasteiger partial charge in [-0.25, -0.2) is 0 Å². The lowest BCUT2D eigenvalue weighted by Crippen LogP contribution is -2.36. The molecule has 2 aromatic rings. The lowest BCUT2D eigenvalue weighted by Gasteiger charge is -2.22. The maximum Gasteiger partial charge on any atom is 0.233 e. The molecule has 0 saturated carbocycles. The molecule has 3 rings (SSSR count). The normalized spacial score (nSPS) is 15.2. The molecule has 1 saturated heterocycles. The van der Waals surface area contributed by atoms with Crippen LogP contribution in [0.3, 0.4) is 0 Å². The van der Waals surface area contributed by atoms with Crippen molar-refractivity contribution in [2.45, 2.75) is 26.3 Å². The van der Waals surface area contributed by atoms with Crippen molar-refractivity contribution in [2.75, 3.05) is 31.5 Å². The van der Waals surface area contributed by atoms with Gasteiger partial charge in [0.25, 0.3) is 0 Å². The number of pyridine rings is 1. The van der Waals surface area contributed by atoms with E-state index in [0.29, 0.717) is 13.1 Å². The summed E-state index contributed by atoms with van der Waals surface area (Å²) in [6.45, 7) is 5.96. The summed E-state index contributed by atoms with van der Waals surface area (Å²) < 4.78 is 0. The number of nitrogens with zero attached hydrogens (tertiary/aromatic N) is 3. The van der Waals surface area contributed by atoms with Crippen molar-refractivity contribution in [3.63, 3.8) is 0 Å². The Labute approximate surface area is 160 Å². The van der Waals surface area contributed by atoms with Gasteiger partial charge in [-0.1, -0.05) is 17.7 Å². The fourth-order valence-corrected chi connectivity index (χ4v) is 3.22. The van der Waals surface area contributed by atoms with E-state index in [0.717, 1.165) is 37.3 Å². The molecule has 1 aromatic heterocycles. The van der Waals surface area contributed by atoms with Gasteiger partial charge in [-0.05, 0) is 43.2 Å². The third-order valence-corrected chi connectivity index (χ3v) is 4.74. The van der Waals surface area contributed by atoms with Crippen molar-refractivity contribution in [2.24, 2.45) is 0 Å². The Bertz CT molecular complexity index is 762. The SMILES string of the molecule is Cc1ccc(NC(=O)CC(=O)N2CCCN(Cc3ccncc3)CC2)cc1. The van der Waals surface area contributed by atoms with Gasteiger partial charge in [-0.2, -0.15) is 0 Å². The molecular weight excluding hydrogens is 340 g/mol. The second-order valence-corrected chi connectivity index (χ2v) is 6.96. The minimum Gasteiger partial charge on any atom is -0.341 e. The predicted molar refractivity (Wildman–Crippen MR) is 105 cm³/mol. The van der Waals surface area contributed by atoms with Crippen LogP contribution in [0, 0.1) is 6.92 Å². The summed E-state index contributed by atoms with van der Waals surface area (Å²) in [5.74, 6) is -0.368. The van der Waals surface area contributed by atoms with Gasteiger partial charge in [0.15, 0.2) is 0 Å². The minimum absolute atomic E-state index is 0.106. The van der Waals surface area contributed by atoms with Gasteiger partial charge in [0.05, 0.1) is 0 Å². The van der Waals surface area contributed by atoms with Crippen molar-refractivity contribution in [1.82, 2.24) is 14.8 Å². The summed E-state index contributed by atoms with van der Waals surface area (Å²) in [6, 6.07) is 11.6. The minimum atomic E-state index is -0.262. The molecule has 0 bridgehead atoms. The molecule has 27 heavy (non-hydrogen) atoms. The molecule has 6 nitrogen and oxygen atoms in total. The Hall–Kier alpha value is -2.73. The molecule has 0 atom stereocenters. The van der Waals surface area contributed by atoms with E-state index in [1.54, 1.807) is 17.3 Å². The zero-order valence-corrected chi connectivity index (χ0v) is 15.7. The summed E-state index contributed by atoms with van der Waals surface area (Å²) in [7, 11) is 0. The summed E-state index contributed by atoms with van der Waals surface area (Å²) >= 11 is 0. The van der Waals surface area contributed by atoms with E-state index in [2.05, 4.69) is 15.2 Å². The number of aryl methyl sites for hydroxylation is 1. The molecule has 2 heterocycles. The lowest BCUT2D eigenvalue weighted by molar-refractivity contribution is -0.134. The fraction of sp³-hybridized carbons (Fsp3) is 0.381. The Morgan fingerprint density at radius 1 is 1.00 bits per heavy atom. The molecule has 6 heteroatoms. The summed E-state index contributed by atoms with van der Waals surface area (Å²) in [4.78, 5) is 32.9. The second kappa shape index (κ2) is 9.28. The highest BCUT2D eigenvalue weighted by atomic mass is 16.2.